The van der Waals surface area contributed by atoms with Crippen molar-refractivity contribution >= 4 is 23.0 Å². The fourth-order valence-corrected chi connectivity index (χ4v) is 3.91. The molecule has 32 heavy (non-hydrogen) atoms. The molecule has 0 bridgehead atoms. The smallest absolute Gasteiger partial charge is 0.256 e. The second-order valence-corrected chi connectivity index (χ2v) is 7.74. The molecule has 0 spiro atoms. The fourth-order valence-electron chi connectivity index (χ4n) is 3.91. The number of fused-ring (bicyclic) bond motifs is 1. The zero-order valence-corrected chi connectivity index (χ0v) is 17.7. The Morgan fingerprint density at radius 3 is 2.81 bits per heavy atom. The number of anilines is 1. The summed E-state index contributed by atoms with van der Waals surface area (Å²) in [6.45, 7) is 3.03. The van der Waals surface area contributed by atoms with Crippen LogP contribution < -0.4 is 10.1 Å². The molecule has 8 nitrogen and oxygen atoms in total. The van der Waals surface area contributed by atoms with Crippen molar-refractivity contribution in [2.24, 2.45) is 0 Å². The van der Waals surface area contributed by atoms with Crippen LogP contribution in [-0.4, -0.2) is 46.0 Å². The Balaban J connectivity index is 1.34. The molecule has 1 fully saturated rings. The predicted molar refractivity (Wildman–Crippen MR) is 120 cm³/mol. The van der Waals surface area contributed by atoms with E-state index >= 15 is 0 Å². The molecule has 0 atom stereocenters. The van der Waals surface area contributed by atoms with Gasteiger partial charge in [-0.1, -0.05) is 6.07 Å². The Bertz CT molecular complexity index is 1230. The predicted octanol–water partition coefficient (Wildman–Crippen LogP) is 4.14. The Labute approximate surface area is 185 Å². The minimum atomic E-state index is -0.264. The monoisotopic (exact) mass is 429 g/mol. The van der Waals surface area contributed by atoms with E-state index in [9.17, 15) is 4.79 Å². The van der Waals surface area contributed by atoms with Gasteiger partial charge in [0.05, 0.1) is 7.11 Å². The molecule has 4 heterocycles. The lowest BCUT2D eigenvalue weighted by molar-refractivity contribution is 0.102. The molecule has 0 saturated carbocycles. The van der Waals surface area contributed by atoms with E-state index in [1.807, 2.05) is 18.2 Å². The highest BCUT2D eigenvalue weighted by atomic mass is 16.5. The summed E-state index contributed by atoms with van der Waals surface area (Å²) in [6, 6.07) is 12.7. The van der Waals surface area contributed by atoms with Gasteiger partial charge in [-0.15, -0.1) is 0 Å². The fraction of sp³-hybridized carbons (Fsp3) is 0.250. The number of methoxy groups -OCH3 is 1. The third-order valence-electron chi connectivity index (χ3n) is 5.56. The molecular weight excluding hydrogens is 406 g/mol. The molecule has 1 N–H and O–H groups in total. The van der Waals surface area contributed by atoms with Crippen molar-refractivity contribution in [2.45, 2.75) is 19.4 Å². The first-order chi connectivity index (χ1) is 15.7. The van der Waals surface area contributed by atoms with Crippen molar-refractivity contribution < 1.29 is 13.9 Å². The molecule has 5 rings (SSSR count). The standard InChI is InChI=1S/C24H23N5O3/c1-31-20-13-16(6-7-18(20)15-29-11-2-3-12-29)23(30)27-21-14-17(8-10-25-21)24-28-22-19(32-24)5-4-9-26-22/h4-10,13-14H,2-3,11-12,15H2,1H3,(H,25,27,30). The van der Waals surface area contributed by atoms with Crippen molar-refractivity contribution in [1.82, 2.24) is 19.9 Å². The summed E-state index contributed by atoms with van der Waals surface area (Å²) in [4.78, 5) is 28.1. The maximum absolute atomic E-state index is 12.9. The third kappa shape index (κ3) is 4.17. The Kier molecular flexibility index (Phi) is 5.51. The number of carbonyl (C=O) groups is 1. The molecule has 1 saturated heterocycles. The molecule has 0 unspecified atom stereocenters. The van der Waals surface area contributed by atoms with Crippen LogP contribution in [0.3, 0.4) is 0 Å². The van der Waals surface area contributed by atoms with Gasteiger partial charge in [0.1, 0.15) is 11.6 Å². The molecule has 162 valence electrons. The first kappa shape index (κ1) is 20.1. The van der Waals surface area contributed by atoms with Gasteiger partial charge < -0.3 is 14.5 Å². The number of hydrogen-bond donors (Lipinski definition) is 1. The molecule has 1 aromatic carbocycles. The van der Waals surface area contributed by atoms with Crippen LogP contribution in [0, 0.1) is 0 Å². The summed E-state index contributed by atoms with van der Waals surface area (Å²) in [5, 5.41) is 2.84. The number of ether oxygens (including phenoxy) is 1. The van der Waals surface area contributed by atoms with Crippen LogP contribution in [0.4, 0.5) is 5.82 Å². The average Bonchev–Trinajstić information content (AvgIpc) is 3.49. The van der Waals surface area contributed by atoms with Crippen LogP contribution in [0.25, 0.3) is 22.7 Å². The lowest BCUT2D eigenvalue weighted by atomic mass is 10.1. The van der Waals surface area contributed by atoms with Crippen LogP contribution in [0.15, 0.2) is 59.3 Å². The lowest BCUT2D eigenvalue weighted by Crippen LogP contribution is -2.19. The summed E-state index contributed by atoms with van der Waals surface area (Å²) in [6.07, 6.45) is 5.73. The first-order valence-electron chi connectivity index (χ1n) is 10.6. The SMILES string of the molecule is COc1cc(C(=O)Nc2cc(-c3nc4ncccc4o3)ccn2)ccc1CN1CCCC1. The number of amides is 1. The molecule has 1 aliphatic heterocycles. The number of oxazole rings is 1. The highest BCUT2D eigenvalue weighted by Crippen LogP contribution is 2.26. The van der Waals surface area contributed by atoms with Crippen molar-refractivity contribution in [1.29, 1.82) is 0 Å². The topological polar surface area (TPSA) is 93.4 Å². The van der Waals surface area contributed by atoms with E-state index in [2.05, 4.69) is 25.2 Å². The van der Waals surface area contributed by atoms with Gasteiger partial charge >= 0.3 is 0 Å². The first-order valence-corrected chi connectivity index (χ1v) is 10.6. The van der Waals surface area contributed by atoms with E-state index < -0.39 is 0 Å². The normalized spacial score (nSPS) is 14.0. The maximum atomic E-state index is 12.9. The minimum absolute atomic E-state index is 0.264. The van der Waals surface area contributed by atoms with Gasteiger partial charge in [-0.3, -0.25) is 9.69 Å². The van der Waals surface area contributed by atoms with Gasteiger partial charge in [-0.2, -0.15) is 4.98 Å². The van der Waals surface area contributed by atoms with Crippen LogP contribution in [-0.2, 0) is 6.54 Å². The minimum Gasteiger partial charge on any atom is -0.496 e. The van der Waals surface area contributed by atoms with Gasteiger partial charge in [0.15, 0.2) is 11.2 Å². The van der Waals surface area contributed by atoms with Crippen molar-refractivity contribution in [3.63, 3.8) is 0 Å². The summed E-state index contributed by atoms with van der Waals surface area (Å²) in [7, 11) is 1.63. The number of pyridine rings is 2. The van der Waals surface area contributed by atoms with E-state index in [-0.39, 0.29) is 5.91 Å². The van der Waals surface area contributed by atoms with Crippen LogP contribution in [0.5, 0.6) is 5.75 Å². The van der Waals surface area contributed by atoms with Crippen molar-refractivity contribution in [2.75, 3.05) is 25.5 Å². The quantitative estimate of drug-likeness (QED) is 0.492. The number of rotatable bonds is 6. The number of carbonyl (C=O) groups excluding carboxylic acids is 1. The summed E-state index contributed by atoms with van der Waals surface area (Å²) in [5.74, 6) is 1.28. The Morgan fingerprint density at radius 2 is 2.00 bits per heavy atom. The number of benzene rings is 1. The summed E-state index contributed by atoms with van der Waals surface area (Å²) in [5.41, 5.74) is 3.42. The number of aromatic nitrogens is 3. The van der Waals surface area contributed by atoms with E-state index in [1.165, 1.54) is 12.8 Å². The lowest BCUT2D eigenvalue weighted by Gasteiger charge is -2.17. The Hall–Kier alpha value is -3.78. The second-order valence-electron chi connectivity index (χ2n) is 7.74. The number of nitrogens with one attached hydrogen (secondary N) is 1. The average molecular weight is 429 g/mol. The zero-order chi connectivity index (χ0) is 21.9. The van der Waals surface area contributed by atoms with Crippen molar-refractivity contribution in [3.05, 3.63) is 66.0 Å². The van der Waals surface area contributed by atoms with E-state index in [0.717, 1.165) is 25.2 Å². The summed E-state index contributed by atoms with van der Waals surface area (Å²) < 4.78 is 11.3. The van der Waals surface area contributed by atoms with Gasteiger partial charge in [0, 0.05) is 35.6 Å². The molecule has 8 heteroatoms. The highest BCUT2D eigenvalue weighted by molar-refractivity contribution is 6.04. The Morgan fingerprint density at radius 1 is 1.12 bits per heavy atom. The molecule has 4 aromatic rings. The number of likely N-dealkylation sites (tertiary alicyclic amines) is 1. The van der Waals surface area contributed by atoms with Gasteiger partial charge in [0.25, 0.3) is 5.91 Å². The van der Waals surface area contributed by atoms with Gasteiger partial charge in [0.2, 0.25) is 5.89 Å². The molecule has 1 aliphatic rings. The molecule has 3 aromatic heterocycles. The van der Waals surface area contributed by atoms with E-state index in [0.29, 0.717) is 39.8 Å². The molecule has 0 radical (unpaired) electrons. The molecular formula is C24H23N5O3. The molecule has 0 aliphatic carbocycles. The highest BCUT2D eigenvalue weighted by Gasteiger charge is 2.17. The van der Waals surface area contributed by atoms with Crippen LogP contribution >= 0.6 is 0 Å². The zero-order valence-electron chi connectivity index (χ0n) is 17.7. The number of hydrogen-bond acceptors (Lipinski definition) is 7. The van der Waals surface area contributed by atoms with E-state index in [4.69, 9.17) is 9.15 Å². The van der Waals surface area contributed by atoms with E-state index in [1.54, 1.807) is 43.8 Å². The number of nitrogens with zero attached hydrogens (tertiary/aromatic N) is 4. The van der Waals surface area contributed by atoms with Crippen molar-refractivity contribution in [3.8, 4) is 17.2 Å². The van der Waals surface area contributed by atoms with Gasteiger partial charge in [-0.05, 0) is 62.3 Å². The van der Waals surface area contributed by atoms with Gasteiger partial charge in [-0.25, -0.2) is 9.97 Å². The van der Waals surface area contributed by atoms with Crippen LogP contribution in [0.2, 0.25) is 0 Å². The second kappa shape index (κ2) is 8.76. The third-order valence-corrected chi connectivity index (χ3v) is 5.56. The maximum Gasteiger partial charge on any atom is 0.256 e. The largest absolute Gasteiger partial charge is 0.496 e. The summed E-state index contributed by atoms with van der Waals surface area (Å²) >= 11 is 0. The van der Waals surface area contributed by atoms with Crippen LogP contribution in [0.1, 0.15) is 28.8 Å². The molecule has 1 amide bonds.